The van der Waals surface area contributed by atoms with Crippen LogP contribution in [0.4, 0.5) is 0 Å². The van der Waals surface area contributed by atoms with E-state index >= 15 is 0 Å². The van der Waals surface area contributed by atoms with Gasteiger partial charge in [-0.15, -0.1) is 0 Å². The van der Waals surface area contributed by atoms with Crippen molar-refractivity contribution in [1.82, 2.24) is 10.6 Å². The highest BCUT2D eigenvalue weighted by molar-refractivity contribution is 5.88. The van der Waals surface area contributed by atoms with Crippen molar-refractivity contribution < 1.29 is 9.59 Å². The number of amides is 2. The Morgan fingerprint density at radius 2 is 2.08 bits per heavy atom. The molecule has 1 saturated carbocycles. The normalized spacial score (nSPS) is 17.7. The van der Waals surface area contributed by atoms with Gasteiger partial charge >= 0.3 is 0 Å². The second-order valence-electron chi connectivity index (χ2n) is 3.40. The van der Waals surface area contributed by atoms with Gasteiger partial charge in [0, 0.05) is 12.5 Å². The minimum atomic E-state index is -0.409. The van der Waals surface area contributed by atoms with Crippen molar-refractivity contribution in [3.63, 3.8) is 0 Å². The Morgan fingerprint density at radius 1 is 1.46 bits per heavy atom. The van der Waals surface area contributed by atoms with E-state index in [4.69, 9.17) is 0 Å². The van der Waals surface area contributed by atoms with Crippen LogP contribution in [0.1, 0.15) is 26.7 Å². The molecular formula is C9H16N2O2. The van der Waals surface area contributed by atoms with Crippen LogP contribution in [0.15, 0.2) is 0 Å². The molecular weight excluding hydrogens is 168 g/mol. The lowest BCUT2D eigenvalue weighted by molar-refractivity contribution is -0.129. The number of rotatable bonds is 4. The molecule has 1 aliphatic rings. The van der Waals surface area contributed by atoms with Gasteiger partial charge < -0.3 is 10.6 Å². The molecule has 1 fully saturated rings. The molecule has 0 aromatic rings. The average Bonchev–Trinajstić information content (AvgIpc) is 2.86. The molecule has 0 radical (unpaired) electrons. The molecule has 1 rings (SSSR count). The number of carbonyl (C=O) groups is 2. The fourth-order valence-electron chi connectivity index (χ4n) is 1.07. The Bertz CT molecular complexity index is 212. The standard InChI is InChI=1S/C9H16N2O2/c1-3-10-8(12)6(2)11-9(13)7-4-5-7/h6-7H,3-5H2,1-2H3,(H,10,12)(H,11,13). The molecule has 1 unspecified atom stereocenters. The van der Waals surface area contributed by atoms with Crippen LogP contribution in [0.5, 0.6) is 0 Å². The summed E-state index contributed by atoms with van der Waals surface area (Å²) in [5.74, 6) is 0.0622. The van der Waals surface area contributed by atoms with E-state index in [9.17, 15) is 9.59 Å². The molecule has 1 aliphatic carbocycles. The average molecular weight is 184 g/mol. The zero-order chi connectivity index (χ0) is 9.84. The molecule has 0 spiro atoms. The third-order valence-electron chi connectivity index (χ3n) is 2.05. The van der Waals surface area contributed by atoms with Gasteiger partial charge in [-0.3, -0.25) is 9.59 Å². The number of hydrogen-bond acceptors (Lipinski definition) is 2. The van der Waals surface area contributed by atoms with Crippen molar-refractivity contribution in [1.29, 1.82) is 0 Å². The zero-order valence-corrected chi connectivity index (χ0v) is 8.09. The van der Waals surface area contributed by atoms with Crippen LogP contribution in [-0.4, -0.2) is 24.4 Å². The van der Waals surface area contributed by atoms with E-state index in [1.165, 1.54) is 0 Å². The van der Waals surface area contributed by atoms with Crippen LogP contribution in [0.25, 0.3) is 0 Å². The van der Waals surface area contributed by atoms with Gasteiger partial charge in [0.1, 0.15) is 6.04 Å². The van der Waals surface area contributed by atoms with Crippen LogP contribution < -0.4 is 10.6 Å². The summed E-state index contributed by atoms with van der Waals surface area (Å²) >= 11 is 0. The summed E-state index contributed by atoms with van der Waals surface area (Å²) in [6.45, 7) is 4.15. The van der Waals surface area contributed by atoms with E-state index in [1.807, 2.05) is 6.92 Å². The van der Waals surface area contributed by atoms with Gasteiger partial charge in [-0.05, 0) is 26.7 Å². The molecule has 0 heterocycles. The molecule has 0 saturated heterocycles. The summed E-state index contributed by atoms with van der Waals surface area (Å²) in [7, 11) is 0. The number of carbonyl (C=O) groups excluding carboxylic acids is 2. The minimum Gasteiger partial charge on any atom is -0.355 e. The van der Waals surface area contributed by atoms with Gasteiger partial charge in [0.2, 0.25) is 11.8 Å². The summed E-state index contributed by atoms with van der Waals surface area (Å²) in [5, 5.41) is 5.33. The summed E-state index contributed by atoms with van der Waals surface area (Å²) < 4.78 is 0. The molecule has 2 N–H and O–H groups in total. The number of likely N-dealkylation sites (N-methyl/N-ethyl adjacent to an activating group) is 1. The SMILES string of the molecule is CCNC(=O)C(C)NC(=O)C1CC1. The lowest BCUT2D eigenvalue weighted by Gasteiger charge is -2.12. The molecule has 13 heavy (non-hydrogen) atoms. The van der Waals surface area contributed by atoms with Gasteiger partial charge in [-0.1, -0.05) is 0 Å². The van der Waals surface area contributed by atoms with E-state index < -0.39 is 6.04 Å². The highest BCUT2D eigenvalue weighted by Gasteiger charge is 2.31. The van der Waals surface area contributed by atoms with Crippen LogP contribution in [0.2, 0.25) is 0 Å². The minimum absolute atomic E-state index is 0.0127. The maximum atomic E-state index is 11.2. The fraction of sp³-hybridized carbons (Fsp3) is 0.778. The second kappa shape index (κ2) is 4.25. The topological polar surface area (TPSA) is 58.2 Å². The predicted molar refractivity (Wildman–Crippen MR) is 49.0 cm³/mol. The van der Waals surface area contributed by atoms with Crippen LogP contribution in [-0.2, 0) is 9.59 Å². The molecule has 0 aromatic heterocycles. The molecule has 4 heteroatoms. The largest absolute Gasteiger partial charge is 0.355 e. The first-order valence-electron chi connectivity index (χ1n) is 4.73. The van der Waals surface area contributed by atoms with Crippen molar-refractivity contribution >= 4 is 11.8 Å². The molecule has 74 valence electrons. The zero-order valence-electron chi connectivity index (χ0n) is 8.09. The molecule has 0 bridgehead atoms. The first-order chi connectivity index (χ1) is 6.15. The first-order valence-corrected chi connectivity index (χ1v) is 4.73. The summed E-state index contributed by atoms with van der Waals surface area (Å²) in [6, 6.07) is -0.409. The predicted octanol–water partition coefficient (Wildman–Crippen LogP) is 0.0372. The molecule has 1 atom stereocenters. The van der Waals surface area contributed by atoms with E-state index in [2.05, 4.69) is 10.6 Å². The lowest BCUT2D eigenvalue weighted by atomic mass is 10.3. The summed E-state index contributed by atoms with van der Waals surface area (Å²) in [5.41, 5.74) is 0. The first kappa shape index (κ1) is 10.0. The van der Waals surface area contributed by atoms with E-state index in [1.54, 1.807) is 6.92 Å². The Kier molecular flexibility index (Phi) is 3.28. The molecule has 4 nitrogen and oxygen atoms in total. The lowest BCUT2D eigenvalue weighted by Crippen LogP contribution is -2.45. The fourth-order valence-corrected chi connectivity index (χ4v) is 1.07. The van der Waals surface area contributed by atoms with Crippen LogP contribution in [0.3, 0.4) is 0 Å². The maximum Gasteiger partial charge on any atom is 0.242 e. The van der Waals surface area contributed by atoms with E-state index in [0.29, 0.717) is 6.54 Å². The molecule has 0 aromatic carbocycles. The Labute approximate surface area is 78.1 Å². The van der Waals surface area contributed by atoms with E-state index in [0.717, 1.165) is 12.8 Å². The van der Waals surface area contributed by atoms with Crippen molar-refractivity contribution in [2.75, 3.05) is 6.54 Å². The third kappa shape index (κ3) is 3.05. The Hall–Kier alpha value is -1.06. The van der Waals surface area contributed by atoms with Gasteiger partial charge in [0.25, 0.3) is 0 Å². The molecule has 2 amide bonds. The van der Waals surface area contributed by atoms with E-state index in [-0.39, 0.29) is 17.7 Å². The van der Waals surface area contributed by atoms with Gasteiger partial charge in [-0.2, -0.15) is 0 Å². The number of nitrogens with one attached hydrogen (secondary N) is 2. The second-order valence-corrected chi connectivity index (χ2v) is 3.40. The van der Waals surface area contributed by atoms with Crippen LogP contribution in [0, 0.1) is 5.92 Å². The van der Waals surface area contributed by atoms with Crippen molar-refractivity contribution in [3.8, 4) is 0 Å². The van der Waals surface area contributed by atoms with Crippen molar-refractivity contribution in [3.05, 3.63) is 0 Å². The van der Waals surface area contributed by atoms with Crippen molar-refractivity contribution in [2.45, 2.75) is 32.7 Å². The highest BCUT2D eigenvalue weighted by atomic mass is 16.2. The monoisotopic (exact) mass is 184 g/mol. The molecule has 0 aliphatic heterocycles. The number of hydrogen-bond donors (Lipinski definition) is 2. The van der Waals surface area contributed by atoms with Gasteiger partial charge in [-0.25, -0.2) is 0 Å². The smallest absolute Gasteiger partial charge is 0.242 e. The Balaban J connectivity index is 2.26. The third-order valence-corrected chi connectivity index (χ3v) is 2.05. The summed E-state index contributed by atoms with van der Waals surface area (Å²) in [6.07, 6.45) is 1.93. The van der Waals surface area contributed by atoms with Gasteiger partial charge in [0.15, 0.2) is 0 Å². The van der Waals surface area contributed by atoms with Crippen LogP contribution >= 0.6 is 0 Å². The van der Waals surface area contributed by atoms with Gasteiger partial charge in [0.05, 0.1) is 0 Å². The highest BCUT2D eigenvalue weighted by Crippen LogP contribution is 2.28. The quantitative estimate of drug-likeness (QED) is 0.648. The maximum absolute atomic E-state index is 11.2. The summed E-state index contributed by atoms with van der Waals surface area (Å²) in [4.78, 5) is 22.4. The van der Waals surface area contributed by atoms with Crippen molar-refractivity contribution in [2.24, 2.45) is 5.92 Å². The Morgan fingerprint density at radius 3 is 2.54 bits per heavy atom.